The Morgan fingerprint density at radius 2 is 1.88 bits per heavy atom. The fraction of sp³-hybridized carbons (Fsp3) is 0.375. The molecular weight excluding hydrogens is 407 g/mol. The molecule has 0 bridgehead atoms. The molecule has 2 N–H and O–H groups in total. The molecule has 1 fully saturated rings. The lowest BCUT2D eigenvalue weighted by Crippen LogP contribution is -2.47. The predicted molar refractivity (Wildman–Crippen MR) is 124 cm³/mol. The fourth-order valence-electron chi connectivity index (χ4n) is 3.98. The van der Waals surface area contributed by atoms with Crippen molar-refractivity contribution in [3.05, 3.63) is 60.2 Å². The van der Waals surface area contributed by atoms with Gasteiger partial charge in [-0.1, -0.05) is 6.07 Å². The number of halogens is 1. The van der Waals surface area contributed by atoms with Gasteiger partial charge < -0.3 is 10.2 Å². The van der Waals surface area contributed by atoms with Crippen LogP contribution in [0.5, 0.6) is 0 Å². The molecule has 4 rings (SSSR count). The van der Waals surface area contributed by atoms with E-state index in [-0.39, 0.29) is 11.7 Å². The molecule has 168 valence electrons. The van der Waals surface area contributed by atoms with E-state index in [2.05, 4.69) is 30.3 Å². The molecule has 1 aliphatic heterocycles. The van der Waals surface area contributed by atoms with Gasteiger partial charge in [-0.2, -0.15) is 5.10 Å². The SMILES string of the molecule is Cc1ccc(F)c(N2CCN(CCCCC(=O)Nc3ccc(-c4ncn[nH]4)cc3)CC2)c1. The van der Waals surface area contributed by atoms with Crippen LogP contribution in [0.25, 0.3) is 11.4 Å². The zero-order chi connectivity index (χ0) is 22.3. The molecule has 2 heterocycles. The molecule has 3 aromatic rings. The third-order valence-electron chi connectivity index (χ3n) is 5.80. The number of nitrogens with zero attached hydrogens (tertiary/aromatic N) is 4. The van der Waals surface area contributed by atoms with E-state index in [4.69, 9.17) is 0 Å². The number of rotatable bonds is 8. The molecule has 1 aliphatic rings. The highest BCUT2D eigenvalue weighted by Gasteiger charge is 2.19. The topological polar surface area (TPSA) is 77.2 Å². The van der Waals surface area contributed by atoms with Gasteiger partial charge in [0.2, 0.25) is 5.91 Å². The Labute approximate surface area is 187 Å². The van der Waals surface area contributed by atoms with Gasteiger partial charge in [0.15, 0.2) is 5.82 Å². The normalized spacial score (nSPS) is 14.5. The molecule has 0 spiro atoms. The first-order valence-corrected chi connectivity index (χ1v) is 11.1. The number of anilines is 2. The number of H-pyrrole nitrogens is 1. The van der Waals surface area contributed by atoms with Crippen LogP contribution < -0.4 is 10.2 Å². The van der Waals surface area contributed by atoms with Gasteiger partial charge in [-0.15, -0.1) is 0 Å². The number of aromatic nitrogens is 3. The minimum atomic E-state index is -0.150. The summed E-state index contributed by atoms with van der Waals surface area (Å²) in [6.45, 7) is 6.43. The molecule has 1 amide bonds. The van der Waals surface area contributed by atoms with Crippen molar-refractivity contribution in [2.45, 2.75) is 26.2 Å². The summed E-state index contributed by atoms with van der Waals surface area (Å²) in [4.78, 5) is 20.9. The minimum absolute atomic E-state index is 0.0251. The third kappa shape index (κ3) is 5.70. The molecule has 1 saturated heterocycles. The third-order valence-corrected chi connectivity index (χ3v) is 5.80. The Morgan fingerprint density at radius 3 is 2.59 bits per heavy atom. The lowest BCUT2D eigenvalue weighted by Gasteiger charge is -2.36. The predicted octanol–water partition coefficient (Wildman–Crippen LogP) is 3.85. The van der Waals surface area contributed by atoms with E-state index < -0.39 is 0 Å². The highest BCUT2D eigenvalue weighted by atomic mass is 19.1. The molecule has 7 nitrogen and oxygen atoms in total. The number of piperazine rings is 1. The summed E-state index contributed by atoms with van der Waals surface area (Å²) < 4.78 is 14.1. The smallest absolute Gasteiger partial charge is 0.224 e. The van der Waals surface area contributed by atoms with Crippen LogP contribution in [-0.4, -0.2) is 58.7 Å². The van der Waals surface area contributed by atoms with Gasteiger partial charge in [-0.05, 0) is 68.3 Å². The quantitative estimate of drug-likeness (QED) is 0.525. The number of amides is 1. The maximum atomic E-state index is 14.1. The van der Waals surface area contributed by atoms with Crippen molar-refractivity contribution in [3.8, 4) is 11.4 Å². The summed E-state index contributed by atoms with van der Waals surface area (Å²) in [5.74, 6) is 0.576. The summed E-state index contributed by atoms with van der Waals surface area (Å²) >= 11 is 0. The monoisotopic (exact) mass is 436 g/mol. The van der Waals surface area contributed by atoms with Crippen LogP contribution in [0, 0.1) is 12.7 Å². The fourth-order valence-corrected chi connectivity index (χ4v) is 3.98. The first-order valence-electron chi connectivity index (χ1n) is 11.1. The average Bonchev–Trinajstić information content (AvgIpc) is 3.34. The summed E-state index contributed by atoms with van der Waals surface area (Å²) in [6.07, 6.45) is 3.78. The van der Waals surface area contributed by atoms with Gasteiger partial charge in [0, 0.05) is 43.9 Å². The number of carbonyl (C=O) groups is 1. The molecule has 0 unspecified atom stereocenters. The van der Waals surface area contributed by atoms with E-state index in [1.54, 1.807) is 12.1 Å². The van der Waals surface area contributed by atoms with Gasteiger partial charge in [0.05, 0.1) is 5.69 Å². The summed E-state index contributed by atoms with van der Waals surface area (Å²) in [5.41, 5.74) is 3.48. The van der Waals surface area contributed by atoms with Crippen molar-refractivity contribution in [1.82, 2.24) is 20.1 Å². The Bertz CT molecular complexity index is 1010. The number of hydrogen-bond acceptors (Lipinski definition) is 5. The first-order chi connectivity index (χ1) is 15.6. The van der Waals surface area contributed by atoms with Crippen LogP contribution in [-0.2, 0) is 4.79 Å². The van der Waals surface area contributed by atoms with E-state index in [9.17, 15) is 9.18 Å². The van der Waals surface area contributed by atoms with E-state index in [1.807, 2.05) is 37.3 Å². The van der Waals surface area contributed by atoms with Crippen molar-refractivity contribution in [1.29, 1.82) is 0 Å². The maximum absolute atomic E-state index is 14.1. The summed E-state index contributed by atoms with van der Waals surface area (Å²) in [5, 5.41) is 9.61. The van der Waals surface area contributed by atoms with Gasteiger partial charge in [0.1, 0.15) is 12.1 Å². The second-order valence-corrected chi connectivity index (χ2v) is 8.20. The number of unbranched alkanes of at least 4 members (excludes halogenated alkanes) is 1. The molecule has 0 aliphatic carbocycles. The van der Waals surface area contributed by atoms with Gasteiger partial charge >= 0.3 is 0 Å². The highest BCUT2D eigenvalue weighted by Crippen LogP contribution is 2.22. The Hall–Kier alpha value is -3.26. The second kappa shape index (κ2) is 10.4. The zero-order valence-electron chi connectivity index (χ0n) is 18.4. The Balaban J connectivity index is 1.14. The molecule has 0 radical (unpaired) electrons. The standard InChI is InChI=1S/C24H29FN6O/c1-18-5-10-21(25)22(16-18)31-14-12-30(13-15-31)11-3-2-4-23(32)28-20-8-6-19(7-9-20)24-26-17-27-29-24/h5-10,16-17H,2-4,11-15H2,1H3,(H,28,32)(H,26,27,29). The van der Waals surface area contributed by atoms with Crippen molar-refractivity contribution in [2.24, 2.45) is 0 Å². The lowest BCUT2D eigenvalue weighted by molar-refractivity contribution is -0.116. The van der Waals surface area contributed by atoms with Crippen molar-refractivity contribution < 1.29 is 9.18 Å². The Morgan fingerprint density at radius 1 is 1.09 bits per heavy atom. The first kappa shape index (κ1) is 22.0. The number of hydrogen-bond donors (Lipinski definition) is 2. The molecule has 0 atom stereocenters. The largest absolute Gasteiger partial charge is 0.367 e. The van der Waals surface area contributed by atoms with Gasteiger partial charge in [-0.25, -0.2) is 9.37 Å². The van der Waals surface area contributed by atoms with Crippen LogP contribution >= 0.6 is 0 Å². The molecule has 2 aromatic carbocycles. The zero-order valence-corrected chi connectivity index (χ0v) is 18.4. The van der Waals surface area contributed by atoms with E-state index in [0.29, 0.717) is 17.9 Å². The van der Waals surface area contributed by atoms with E-state index in [0.717, 1.165) is 62.4 Å². The maximum Gasteiger partial charge on any atom is 0.224 e. The van der Waals surface area contributed by atoms with E-state index >= 15 is 0 Å². The second-order valence-electron chi connectivity index (χ2n) is 8.20. The number of carbonyl (C=O) groups excluding carboxylic acids is 1. The number of benzene rings is 2. The molecule has 0 saturated carbocycles. The van der Waals surface area contributed by atoms with Gasteiger partial charge in [-0.3, -0.25) is 14.8 Å². The van der Waals surface area contributed by atoms with Crippen LogP contribution in [0.1, 0.15) is 24.8 Å². The molecular formula is C24H29FN6O. The van der Waals surface area contributed by atoms with Crippen LogP contribution in [0.2, 0.25) is 0 Å². The van der Waals surface area contributed by atoms with Crippen molar-refractivity contribution >= 4 is 17.3 Å². The average molecular weight is 437 g/mol. The summed E-state index contributed by atoms with van der Waals surface area (Å²) in [7, 11) is 0. The number of nitrogens with one attached hydrogen (secondary N) is 2. The highest BCUT2D eigenvalue weighted by molar-refractivity contribution is 5.90. The minimum Gasteiger partial charge on any atom is -0.367 e. The molecule has 1 aromatic heterocycles. The Kier molecular flexibility index (Phi) is 7.11. The number of aryl methyl sites for hydroxylation is 1. The lowest BCUT2D eigenvalue weighted by atomic mass is 10.1. The van der Waals surface area contributed by atoms with Gasteiger partial charge in [0.25, 0.3) is 0 Å². The van der Waals surface area contributed by atoms with Crippen LogP contribution in [0.3, 0.4) is 0 Å². The van der Waals surface area contributed by atoms with Crippen molar-refractivity contribution in [3.63, 3.8) is 0 Å². The van der Waals surface area contributed by atoms with Crippen LogP contribution in [0.4, 0.5) is 15.8 Å². The number of aromatic amines is 1. The van der Waals surface area contributed by atoms with E-state index in [1.165, 1.54) is 6.33 Å². The van der Waals surface area contributed by atoms with Crippen LogP contribution in [0.15, 0.2) is 48.8 Å². The summed E-state index contributed by atoms with van der Waals surface area (Å²) in [6, 6.07) is 12.8. The van der Waals surface area contributed by atoms with Crippen molar-refractivity contribution in [2.75, 3.05) is 42.9 Å². The molecule has 8 heteroatoms. The molecule has 32 heavy (non-hydrogen) atoms.